The van der Waals surface area contributed by atoms with Crippen LogP contribution in [0.5, 0.6) is 23.0 Å². The van der Waals surface area contributed by atoms with E-state index in [4.69, 9.17) is 23.7 Å². The molecule has 8 heteroatoms. The van der Waals surface area contributed by atoms with Crippen molar-refractivity contribution in [3.8, 4) is 23.0 Å². The van der Waals surface area contributed by atoms with E-state index >= 15 is 0 Å². The molecule has 0 aliphatic carbocycles. The minimum absolute atomic E-state index is 0.0952. The second-order valence-corrected chi connectivity index (χ2v) is 7.55. The Morgan fingerprint density at radius 1 is 0.886 bits per heavy atom. The summed E-state index contributed by atoms with van der Waals surface area (Å²) in [5.74, 6) is 0.225. The lowest BCUT2D eigenvalue weighted by Crippen LogP contribution is -2.10. The minimum Gasteiger partial charge on any atom is -0.493 e. The van der Waals surface area contributed by atoms with Crippen LogP contribution in [-0.4, -0.2) is 39.2 Å². The van der Waals surface area contributed by atoms with E-state index < -0.39 is 11.9 Å². The van der Waals surface area contributed by atoms with Crippen molar-refractivity contribution in [3.63, 3.8) is 0 Å². The highest BCUT2D eigenvalue weighted by Crippen LogP contribution is 2.38. The summed E-state index contributed by atoms with van der Waals surface area (Å²) in [6.45, 7) is 1.94. The fraction of sp³-hybridized carbons (Fsp3) is 0.148. The van der Waals surface area contributed by atoms with Crippen LogP contribution in [0.2, 0.25) is 0 Å². The van der Waals surface area contributed by atoms with E-state index in [1.54, 1.807) is 24.3 Å². The summed E-state index contributed by atoms with van der Waals surface area (Å²) in [6.07, 6.45) is 1.52. The van der Waals surface area contributed by atoms with E-state index in [1.165, 1.54) is 39.5 Å². The average molecular weight is 473 g/mol. The number of rotatable bonds is 7. The highest BCUT2D eigenvalue weighted by atomic mass is 16.6. The van der Waals surface area contributed by atoms with Gasteiger partial charge in [0.15, 0.2) is 17.2 Å². The van der Waals surface area contributed by atoms with Crippen LogP contribution in [-0.2, 0) is 9.53 Å². The van der Waals surface area contributed by atoms with E-state index in [-0.39, 0.29) is 22.9 Å². The standard InChI is InChI=1S/C27H23NO7/c1-16-8-7-10-18(12-16)25-28-20(27(30)35-25)13-17-9-5-6-11-21(17)34-26(29)19-14-22(31-2)24(33-4)23(15-19)32-3/h5-15H,1-4H3/b20-13+. The average Bonchev–Trinajstić information content (AvgIpc) is 3.24. The highest BCUT2D eigenvalue weighted by molar-refractivity contribution is 6.13. The van der Waals surface area contributed by atoms with E-state index in [9.17, 15) is 9.59 Å². The molecule has 0 unspecified atom stereocenters. The first-order valence-electron chi connectivity index (χ1n) is 10.6. The smallest absolute Gasteiger partial charge is 0.363 e. The van der Waals surface area contributed by atoms with Crippen molar-refractivity contribution >= 4 is 23.9 Å². The zero-order valence-electron chi connectivity index (χ0n) is 19.7. The first-order chi connectivity index (χ1) is 16.9. The van der Waals surface area contributed by atoms with Gasteiger partial charge < -0.3 is 23.7 Å². The third-order valence-electron chi connectivity index (χ3n) is 5.20. The Hall–Kier alpha value is -4.59. The molecule has 178 valence electrons. The summed E-state index contributed by atoms with van der Waals surface area (Å²) in [5.41, 5.74) is 2.49. The number of hydrogen-bond acceptors (Lipinski definition) is 8. The molecule has 3 aromatic rings. The molecular formula is C27H23NO7. The molecule has 1 aliphatic rings. The minimum atomic E-state index is -0.645. The number of nitrogens with zero attached hydrogens (tertiary/aromatic N) is 1. The maximum atomic E-state index is 13.0. The quantitative estimate of drug-likeness (QED) is 0.282. The fourth-order valence-electron chi connectivity index (χ4n) is 3.51. The van der Waals surface area contributed by atoms with Gasteiger partial charge in [-0.25, -0.2) is 14.6 Å². The van der Waals surface area contributed by atoms with Gasteiger partial charge >= 0.3 is 11.9 Å². The van der Waals surface area contributed by atoms with Crippen molar-refractivity contribution in [2.75, 3.05) is 21.3 Å². The number of esters is 2. The van der Waals surface area contributed by atoms with Gasteiger partial charge in [0.1, 0.15) is 5.75 Å². The second-order valence-electron chi connectivity index (χ2n) is 7.55. The lowest BCUT2D eigenvalue weighted by molar-refractivity contribution is -0.129. The van der Waals surface area contributed by atoms with Crippen LogP contribution >= 0.6 is 0 Å². The Kier molecular flexibility index (Phi) is 6.82. The molecular weight excluding hydrogens is 450 g/mol. The predicted octanol–water partition coefficient (Wildman–Crippen LogP) is 4.58. The van der Waals surface area contributed by atoms with Gasteiger partial charge in [-0.05, 0) is 43.3 Å². The number of carbonyl (C=O) groups is 2. The van der Waals surface area contributed by atoms with Crippen molar-refractivity contribution in [1.29, 1.82) is 0 Å². The Morgan fingerprint density at radius 2 is 1.60 bits per heavy atom. The summed E-state index contributed by atoms with van der Waals surface area (Å²) in [7, 11) is 4.39. The van der Waals surface area contributed by atoms with Gasteiger partial charge in [-0.3, -0.25) is 0 Å². The first kappa shape index (κ1) is 23.6. The van der Waals surface area contributed by atoms with Crippen molar-refractivity contribution in [2.45, 2.75) is 6.92 Å². The number of cyclic esters (lactones) is 1. The van der Waals surface area contributed by atoms with Crippen molar-refractivity contribution in [2.24, 2.45) is 4.99 Å². The normalized spacial score (nSPS) is 13.8. The number of para-hydroxylation sites is 1. The summed E-state index contributed by atoms with van der Waals surface area (Å²) in [6, 6.07) is 17.3. The molecule has 0 amide bonds. The number of carbonyl (C=O) groups excluding carboxylic acids is 2. The predicted molar refractivity (Wildman–Crippen MR) is 129 cm³/mol. The second kappa shape index (κ2) is 10.1. The van der Waals surface area contributed by atoms with Crippen LogP contribution in [0, 0.1) is 6.92 Å². The Morgan fingerprint density at radius 3 is 2.26 bits per heavy atom. The van der Waals surface area contributed by atoms with Crippen molar-refractivity contribution < 1.29 is 33.3 Å². The van der Waals surface area contributed by atoms with Gasteiger partial charge in [0.2, 0.25) is 11.6 Å². The molecule has 0 aromatic heterocycles. The molecule has 0 atom stereocenters. The summed E-state index contributed by atoms with van der Waals surface area (Å²) < 4.78 is 26.9. The lowest BCUT2D eigenvalue weighted by Gasteiger charge is -2.14. The maximum absolute atomic E-state index is 13.0. The largest absolute Gasteiger partial charge is 0.493 e. The molecule has 3 aromatic carbocycles. The van der Waals surface area contributed by atoms with Crippen LogP contribution < -0.4 is 18.9 Å². The Labute approximate surface area is 202 Å². The SMILES string of the molecule is COc1cc(C(=O)Oc2ccccc2/C=C2/N=C(c3cccc(C)c3)OC2=O)cc(OC)c1OC. The first-order valence-corrected chi connectivity index (χ1v) is 10.6. The number of ether oxygens (including phenoxy) is 5. The van der Waals surface area contributed by atoms with Gasteiger partial charge in [-0.15, -0.1) is 0 Å². The number of hydrogen-bond donors (Lipinski definition) is 0. The summed E-state index contributed by atoms with van der Waals surface area (Å²) in [4.78, 5) is 29.7. The van der Waals surface area contributed by atoms with Gasteiger partial charge in [-0.2, -0.15) is 0 Å². The summed E-state index contributed by atoms with van der Waals surface area (Å²) in [5, 5.41) is 0. The molecule has 1 aliphatic heterocycles. The molecule has 0 fully saturated rings. The third kappa shape index (κ3) is 5.01. The van der Waals surface area contributed by atoms with E-state index in [2.05, 4.69) is 4.99 Å². The molecule has 0 spiro atoms. The number of methoxy groups -OCH3 is 3. The van der Waals surface area contributed by atoms with Gasteiger partial charge in [0.05, 0.1) is 26.9 Å². The van der Waals surface area contributed by atoms with Gasteiger partial charge in [-0.1, -0.05) is 35.9 Å². The zero-order valence-corrected chi connectivity index (χ0v) is 19.7. The molecule has 0 saturated heterocycles. The van der Waals surface area contributed by atoms with Gasteiger partial charge in [0.25, 0.3) is 0 Å². The van der Waals surface area contributed by atoms with Crippen LogP contribution in [0.25, 0.3) is 6.08 Å². The molecule has 1 heterocycles. The lowest BCUT2D eigenvalue weighted by atomic mass is 10.1. The van der Waals surface area contributed by atoms with Crippen molar-refractivity contribution in [1.82, 2.24) is 0 Å². The molecule has 0 N–H and O–H groups in total. The monoisotopic (exact) mass is 473 g/mol. The van der Waals surface area contributed by atoms with Crippen molar-refractivity contribution in [3.05, 3.63) is 88.6 Å². The van der Waals surface area contributed by atoms with E-state index in [0.717, 1.165) is 5.56 Å². The molecule has 8 nitrogen and oxygen atoms in total. The summed E-state index contributed by atoms with van der Waals surface area (Å²) >= 11 is 0. The van der Waals surface area contributed by atoms with E-state index in [0.29, 0.717) is 28.4 Å². The van der Waals surface area contributed by atoms with Crippen LogP contribution in [0.15, 0.2) is 71.4 Å². The molecule has 4 rings (SSSR count). The Bertz CT molecular complexity index is 1330. The number of benzene rings is 3. The van der Waals surface area contributed by atoms with Crippen LogP contribution in [0.1, 0.15) is 27.0 Å². The van der Waals surface area contributed by atoms with Gasteiger partial charge in [0, 0.05) is 11.1 Å². The van der Waals surface area contributed by atoms with Crippen LogP contribution in [0.4, 0.5) is 0 Å². The number of aryl methyl sites for hydroxylation is 1. The Balaban J connectivity index is 1.64. The van der Waals surface area contributed by atoms with Crippen LogP contribution in [0.3, 0.4) is 0 Å². The fourth-order valence-corrected chi connectivity index (χ4v) is 3.51. The maximum Gasteiger partial charge on any atom is 0.363 e. The highest BCUT2D eigenvalue weighted by Gasteiger charge is 2.25. The molecule has 0 bridgehead atoms. The zero-order chi connectivity index (χ0) is 24.9. The number of aliphatic imine (C=N–C) groups is 1. The van der Waals surface area contributed by atoms with E-state index in [1.807, 2.05) is 31.2 Å². The molecule has 35 heavy (non-hydrogen) atoms. The molecule has 0 radical (unpaired) electrons. The topological polar surface area (TPSA) is 92.7 Å². The molecule has 0 saturated carbocycles. The third-order valence-corrected chi connectivity index (χ3v) is 5.20.